The number of aryl methyl sites for hydroxylation is 1. The van der Waals surface area contributed by atoms with Gasteiger partial charge in [0.1, 0.15) is 10.9 Å². The van der Waals surface area contributed by atoms with Gasteiger partial charge in [0.2, 0.25) is 0 Å². The molecule has 1 saturated heterocycles. The number of thiazole rings is 1. The Labute approximate surface area is 147 Å². The van der Waals surface area contributed by atoms with E-state index in [-0.39, 0.29) is 5.92 Å². The van der Waals surface area contributed by atoms with Crippen molar-refractivity contribution in [2.24, 2.45) is 4.99 Å². The van der Waals surface area contributed by atoms with Crippen molar-refractivity contribution in [3.8, 4) is 6.07 Å². The molecule has 0 bridgehead atoms. The molecule has 3 rings (SSSR count). The largest absolute Gasteiger partial charge is 0.294 e. The third-order valence-electron chi connectivity index (χ3n) is 4.34. The predicted octanol–water partition coefficient (Wildman–Crippen LogP) is 3.97. The summed E-state index contributed by atoms with van der Waals surface area (Å²) in [6.07, 6.45) is 4.28. The normalized spacial score (nSPS) is 17.8. The minimum absolute atomic E-state index is 0.294. The Hall–Kier alpha value is -2.03. The second kappa shape index (κ2) is 8.18. The SMILES string of the molecule is Cc1csc([C@@H](C#N)C=NC[C@H](c2ccccc2)N2CCCC2)n1. The van der Waals surface area contributed by atoms with Gasteiger partial charge in [-0.3, -0.25) is 9.89 Å². The summed E-state index contributed by atoms with van der Waals surface area (Å²) < 4.78 is 0. The molecule has 1 aromatic heterocycles. The van der Waals surface area contributed by atoms with Gasteiger partial charge in [-0.05, 0) is 38.4 Å². The molecule has 0 N–H and O–H groups in total. The highest BCUT2D eigenvalue weighted by Gasteiger charge is 2.23. The lowest BCUT2D eigenvalue weighted by atomic mass is 10.1. The number of hydrogen-bond acceptors (Lipinski definition) is 5. The van der Waals surface area contributed by atoms with Crippen molar-refractivity contribution in [2.45, 2.75) is 31.7 Å². The molecule has 124 valence electrons. The summed E-state index contributed by atoms with van der Waals surface area (Å²) in [6.45, 7) is 4.89. The Kier molecular flexibility index (Phi) is 5.73. The lowest BCUT2D eigenvalue weighted by Gasteiger charge is -2.26. The molecule has 1 aliphatic heterocycles. The number of nitriles is 1. The summed E-state index contributed by atoms with van der Waals surface area (Å²) in [4.78, 5) is 11.5. The summed E-state index contributed by atoms with van der Waals surface area (Å²) in [5, 5.41) is 12.2. The smallest absolute Gasteiger partial charge is 0.133 e. The zero-order valence-electron chi connectivity index (χ0n) is 13.9. The van der Waals surface area contributed by atoms with Crippen LogP contribution in [0.4, 0.5) is 0 Å². The predicted molar refractivity (Wildman–Crippen MR) is 98.6 cm³/mol. The fourth-order valence-electron chi connectivity index (χ4n) is 3.09. The molecule has 1 aromatic carbocycles. The van der Waals surface area contributed by atoms with E-state index >= 15 is 0 Å². The highest BCUT2D eigenvalue weighted by Crippen LogP contribution is 2.25. The van der Waals surface area contributed by atoms with E-state index < -0.39 is 0 Å². The Bertz CT molecular complexity index is 710. The summed E-state index contributed by atoms with van der Waals surface area (Å²) >= 11 is 1.53. The molecule has 2 aromatic rings. The third kappa shape index (κ3) is 4.08. The average Bonchev–Trinajstić information content (AvgIpc) is 3.28. The van der Waals surface area contributed by atoms with E-state index in [1.54, 1.807) is 6.21 Å². The van der Waals surface area contributed by atoms with Crippen LogP contribution in [0, 0.1) is 18.3 Å². The first-order valence-electron chi connectivity index (χ1n) is 8.38. The molecular weight excluding hydrogens is 316 g/mol. The molecule has 2 atom stereocenters. The molecule has 0 amide bonds. The van der Waals surface area contributed by atoms with Gasteiger partial charge in [-0.25, -0.2) is 4.98 Å². The second-order valence-electron chi connectivity index (χ2n) is 6.12. The molecule has 0 radical (unpaired) electrons. The van der Waals surface area contributed by atoms with Gasteiger partial charge in [0.25, 0.3) is 0 Å². The number of aliphatic imine (C=N–C) groups is 1. The quantitative estimate of drug-likeness (QED) is 0.749. The van der Waals surface area contributed by atoms with Crippen molar-refractivity contribution in [3.05, 3.63) is 52.0 Å². The molecule has 2 heterocycles. The molecule has 0 spiro atoms. The number of nitrogens with zero attached hydrogens (tertiary/aromatic N) is 4. The van der Waals surface area contributed by atoms with Crippen LogP contribution in [0.2, 0.25) is 0 Å². The van der Waals surface area contributed by atoms with Gasteiger partial charge in [0.15, 0.2) is 0 Å². The van der Waals surface area contributed by atoms with Crippen molar-refractivity contribution in [3.63, 3.8) is 0 Å². The zero-order chi connectivity index (χ0) is 16.8. The number of rotatable bonds is 6. The van der Waals surface area contributed by atoms with Gasteiger partial charge in [-0.2, -0.15) is 5.26 Å². The molecule has 5 heteroatoms. The van der Waals surface area contributed by atoms with Crippen LogP contribution in [0.3, 0.4) is 0 Å². The summed E-state index contributed by atoms with van der Waals surface area (Å²) in [7, 11) is 0. The molecule has 24 heavy (non-hydrogen) atoms. The average molecular weight is 338 g/mol. The van der Waals surface area contributed by atoms with Gasteiger partial charge in [-0.1, -0.05) is 30.3 Å². The van der Waals surface area contributed by atoms with Crippen LogP contribution in [0.15, 0.2) is 40.7 Å². The standard InChI is InChI=1S/C19H22N4S/c1-15-14-24-19(22-15)17(11-20)12-21-13-18(23-9-5-6-10-23)16-7-3-2-4-8-16/h2-4,7-8,12,14,17-18H,5-6,9-10,13H2,1H3/t17-,18+/m0/s1. The van der Waals surface area contributed by atoms with E-state index in [2.05, 4.69) is 45.2 Å². The lowest BCUT2D eigenvalue weighted by molar-refractivity contribution is 0.252. The van der Waals surface area contributed by atoms with Crippen molar-refractivity contribution >= 4 is 17.6 Å². The maximum Gasteiger partial charge on any atom is 0.133 e. The summed E-state index contributed by atoms with van der Waals surface area (Å²) in [5.41, 5.74) is 2.26. The number of aromatic nitrogens is 1. The van der Waals surface area contributed by atoms with Crippen LogP contribution in [0.1, 0.15) is 41.1 Å². The molecule has 0 saturated carbocycles. The lowest BCUT2D eigenvalue weighted by Crippen LogP contribution is -2.27. The zero-order valence-corrected chi connectivity index (χ0v) is 14.7. The summed E-state index contributed by atoms with van der Waals surface area (Å²) in [6, 6.07) is 13.1. The van der Waals surface area contributed by atoms with Gasteiger partial charge >= 0.3 is 0 Å². The first-order chi connectivity index (χ1) is 11.8. The van der Waals surface area contributed by atoms with E-state index in [0.29, 0.717) is 12.6 Å². The van der Waals surface area contributed by atoms with Crippen molar-refractivity contribution in [2.75, 3.05) is 19.6 Å². The maximum absolute atomic E-state index is 9.40. The Morgan fingerprint density at radius 2 is 2.08 bits per heavy atom. The van der Waals surface area contributed by atoms with Gasteiger partial charge in [0.05, 0.1) is 18.7 Å². The third-order valence-corrected chi connectivity index (χ3v) is 5.39. The van der Waals surface area contributed by atoms with E-state index in [9.17, 15) is 5.26 Å². The van der Waals surface area contributed by atoms with Crippen LogP contribution < -0.4 is 0 Å². The van der Waals surface area contributed by atoms with Crippen LogP contribution in [0.25, 0.3) is 0 Å². The molecule has 1 fully saturated rings. The van der Waals surface area contributed by atoms with E-state index in [1.807, 2.05) is 18.4 Å². The second-order valence-corrected chi connectivity index (χ2v) is 7.01. The molecule has 0 aliphatic carbocycles. The highest BCUT2D eigenvalue weighted by atomic mass is 32.1. The van der Waals surface area contributed by atoms with Gasteiger partial charge in [0, 0.05) is 17.3 Å². The molecular formula is C19H22N4S. The molecule has 4 nitrogen and oxygen atoms in total. The van der Waals surface area contributed by atoms with E-state index in [4.69, 9.17) is 0 Å². The van der Waals surface area contributed by atoms with E-state index in [0.717, 1.165) is 23.8 Å². The van der Waals surface area contributed by atoms with Crippen LogP contribution >= 0.6 is 11.3 Å². The fourth-order valence-corrected chi connectivity index (χ4v) is 3.89. The van der Waals surface area contributed by atoms with E-state index in [1.165, 1.54) is 29.7 Å². The minimum atomic E-state index is -0.348. The summed E-state index contributed by atoms with van der Waals surface area (Å²) in [5.74, 6) is -0.348. The van der Waals surface area contributed by atoms with Crippen molar-refractivity contribution in [1.82, 2.24) is 9.88 Å². The highest BCUT2D eigenvalue weighted by molar-refractivity contribution is 7.09. The van der Waals surface area contributed by atoms with Crippen molar-refractivity contribution in [1.29, 1.82) is 5.26 Å². The van der Waals surface area contributed by atoms with Crippen molar-refractivity contribution < 1.29 is 0 Å². The number of benzene rings is 1. The van der Waals surface area contributed by atoms with Gasteiger partial charge < -0.3 is 0 Å². The van der Waals surface area contributed by atoms with Crippen LogP contribution in [-0.2, 0) is 0 Å². The first-order valence-corrected chi connectivity index (χ1v) is 9.26. The van der Waals surface area contributed by atoms with Crippen LogP contribution in [0.5, 0.6) is 0 Å². The molecule has 0 unspecified atom stereocenters. The minimum Gasteiger partial charge on any atom is -0.294 e. The maximum atomic E-state index is 9.40. The Morgan fingerprint density at radius 3 is 2.71 bits per heavy atom. The Morgan fingerprint density at radius 1 is 1.33 bits per heavy atom. The Balaban J connectivity index is 1.72. The first kappa shape index (κ1) is 16.8. The monoisotopic (exact) mass is 338 g/mol. The molecule has 1 aliphatic rings. The fraction of sp³-hybridized carbons (Fsp3) is 0.421. The number of hydrogen-bond donors (Lipinski definition) is 0. The van der Waals surface area contributed by atoms with Crippen LogP contribution in [-0.4, -0.2) is 35.7 Å². The number of likely N-dealkylation sites (tertiary alicyclic amines) is 1. The van der Waals surface area contributed by atoms with Gasteiger partial charge in [-0.15, -0.1) is 11.3 Å². The topological polar surface area (TPSA) is 52.3 Å².